The van der Waals surface area contributed by atoms with Gasteiger partial charge in [0.25, 0.3) is 0 Å². The van der Waals surface area contributed by atoms with E-state index in [0.717, 1.165) is 36.5 Å². The lowest BCUT2D eigenvalue weighted by molar-refractivity contribution is -0.129. The molecule has 0 bridgehead atoms. The number of ether oxygens (including phenoxy) is 1. The molecule has 0 spiro atoms. The van der Waals surface area contributed by atoms with Gasteiger partial charge in [-0.1, -0.05) is 30.0 Å². The highest BCUT2D eigenvalue weighted by Crippen LogP contribution is 2.38. The van der Waals surface area contributed by atoms with Crippen LogP contribution in [-0.4, -0.2) is 33.9 Å². The number of nitriles is 1. The van der Waals surface area contributed by atoms with Crippen molar-refractivity contribution in [3.63, 3.8) is 0 Å². The number of carbonyl (C=O) groups excluding carboxylic acids is 1. The number of anilines is 2. The molecule has 1 amide bonds. The first-order valence-corrected chi connectivity index (χ1v) is 14.2. The maximum Gasteiger partial charge on any atom is 0.219 e. The molecule has 3 heterocycles. The van der Waals surface area contributed by atoms with Crippen LogP contribution >= 0.6 is 23.1 Å². The number of nitrogens with one attached hydrogen (secondary N) is 1. The van der Waals surface area contributed by atoms with Crippen LogP contribution in [0, 0.1) is 11.3 Å². The van der Waals surface area contributed by atoms with Gasteiger partial charge in [-0.3, -0.25) is 4.79 Å². The maximum atomic E-state index is 13.7. The summed E-state index contributed by atoms with van der Waals surface area (Å²) in [4.78, 5) is 24.4. The highest BCUT2D eigenvalue weighted by molar-refractivity contribution is 7.99. The number of aromatic nitrogens is 2. The van der Waals surface area contributed by atoms with Crippen LogP contribution in [0.5, 0.6) is 11.5 Å². The second kappa shape index (κ2) is 12.3. The van der Waals surface area contributed by atoms with Crippen LogP contribution in [0.1, 0.15) is 42.5 Å². The van der Waals surface area contributed by atoms with Gasteiger partial charge in [0.2, 0.25) is 5.91 Å². The molecule has 1 aliphatic heterocycles. The second-order valence-electron chi connectivity index (χ2n) is 9.09. The number of para-hydroxylation sites is 1. The van der Waals surface area contributed by atoms with Crippen LogP contribution in [0.3, 0.4) is 0 Å². The molecular weight excluding hydrogens is 533 g/mol. The van der Waals surface area contributed by atoms with E-state index in [2.05, 4.69) is 21.8 Å². The SMILES string of the molecule is CC(=O)N1CCC(c2csc(Nc3ncc(Sc4ccc(C#N)cc4CF)cc3Oc3ccccc3)n2)CC1. The van der Waals surface area contributed by atoms with Crippen LogP contribution in [0.4, 0.5) is 15.3 Å². The zero-order valence-electron chi connectivity index (χ0n) is 21.3. The summed E-state index contributed by atoms with van der Waals surface area (Å²) in [5, 5.41) is 15.2. The van der Waals surface area contributed by atoms with Gasteiger partial charge in [0.1, 0.15) is 12.4 Å². The molecule has 7 nitrogen and oxygen atoms in total. The van der Waals surface area contributed by atoms with Gasteiger partial charge in [0, 0.05) is 53.4 Å². The van der Waals surface area contributed by atoms with E-state index in [-0.39, 0.29) is 5.91 Å². The molecule has 4 aromatic rings. The molecule has 1 fully saturated rings. The molecule has 1 aliphatic rings. The third kappa shape index (κ3) is 6.56. The normalized spacial score (nSPS) is 13.6. The van der Waals surface area contributed by atoms with E-state index < -0.39 is 6.67 Å². The minimum absolute atomic E-state index is 0.118. The Balaban J connectivity index is 1.37. The van der Waals surface area contributed by atoms with Gasteiger partial charge in [-0.15, -0.1) is 11.3 Å². The van der Waals surface area contributed by atoms with Crippen molar-refractivity contribution >= 4 is 40.0 Å². The smallest absolute Gasteiger partial charge is 0.219 e. The number of rotatable bonds is 8. The molecule has 0 saturated carbocycles. The van der Waals surface area contributed by atoms with Crippen LogP contribution < -0.4 is 10.1 Å². The lowest BCUT2D eigenvalue weighted by atomic mass is 9.94. The molecular formula is C29H26FN5O2S2. The minimum atomic E-state index is -0.668. The molecule has 2 aromatic heterocycles. The number of piperidine rings is 1. The molecule has 0 unspecified atom stereocenters. The number of benzene rings is 2. The molecule has 1 N–H and O–H groups in total. The number of amides is 1. The lowest BCUT2D eigenvalue weighted by Gasteiger charge is -2.30. The van der Waals surface area contributed by atoms with Gasteiger partial charge < -0.3 is 15.0 Å². The number of hydrogen-bond donors (Lipinski definition) is 1. The van der Waals surface area contributed by atoms with Crippen molar-refractivity contribution in [3.8, 4) is 17.6 Å². The van der Waals surface area contributed by atoms with E-state index in [1.807, 2.05) is 41.3 Å². The summed E-state index contributed by atoms with van der Waals surface area (Å²) in [7, 11) is 0. The molecule has 0 atom stereocenters. The van der Waals surface area contributed by atoms with Gasteiger partial charge in [0.05, 0.1) is 17.3 Å². The third-order valence-corrected chi connectivity index (χ3v) is 8.32. The van der Waals surface area contributed by atoms with Gasteiger partial charge in [0.15, 0.2) is 16.7 Å². The number of hydrogen-bond acceptors (Lipinski definition) is 8. The summed E-state index contributed by atoms with van der Waals surface area (Å²) in [6, 6.07) is 18.3. The Kier molecular flexibility index (Phi) is 8.39. The largest absolute Gasteiger partial charge is 0.453 e. The number of pyridine rings is 1. The first-order chi connectivity index (χ1) is 19.0. The van der Waals surface area contributed by atoms with Crippen molar-refractivity contribution in [2.24, 2.45) is 0 Å². The lowest BCUT2D eigenvalue weighted by Crippen LogP contribution is -2.36. The highest BCUT2D eigenvalue weighted by Gasteiger charge is 2.24. The molecule has 5 rings (SSSR count). The van der Waals surface area contributed by atoms with Crippen molar-refractivity contribution < 1.29 is 13.9 Å². The predicted molar refractivity (Wildman–Crippen MR) is 150 cm³/mol. The number of halogens is 1. The van der Waals surface area contributed by atoms with Crippen LogP contribution in [0.15, 0.2) is 76.0 Å². The number of alkyl halides is 1. The fraction of sp³-hybridized carbons (Fsp3) is 0.241. The number of likely N-dealkylation sites (tertiary alicyclic amines) is 1. The van der Waals surface area contributed by atoms with E-state index in [1.54, 1.807) is 31.3 Å². The van der Waals surface area contributed by atoms with E-state index >= 15 is 0 Å². The van der Waals surface area contributed by atoms with Gasteiger partial charge in [-0.2, -0.15) is 5.26 Å². The Labute approximate surface area is 234 Å². The zero-order valence-corrected chi connectivity index (χ0v) is 22.9. The van der Waals surface area contributed by atoms with Crippen LogP contribution in [0.2, 0.25) is 0 Å². The summed E-state index contributed by atoms with van der Waals surface area (Å²) in [6.07, 6.45) is 3.49. The number of nitrogens with zero attached hydrogens (tertiary/aromatic N) is 4. The minimum Gasteiger partial charge on any atom is -0.453 e. The Bertz CT molecular complexity index is 1500. The van der Waals surface area contributed by atoms with Crippen molar-refractivity contribution in [2.45, 2.75) is 42.1 Å². The third-order valence-electron chi connectivity index (χ3n) is 6.47. The zero-order chi connectivity index (χ0) is 27.2. The average molecular weight is 560 g/mol. The molecule has 39 heavy (non-hydrogen) atoms. The van der Waals surface area contributed by atoms with Crippen molar-refractivity contribution in [1.29, 1.82) is 5.26 Å². The summed E-state index contributed by atoms with van der Waals surface area (Å²) >= 11 is 2.87. The second-order valence-corrected chi connectivity index (χ2v) is 11.1. The van der Waals surface area contributed by atoms with Gasteiger partial charge >= 0.3 is 0 Å². The number of carbonyl (C=O) groups is 1. The van der Waals surface area contributed by atoms with Crippen molar-refractivity contribution in [3.05, 3.63) is 83.0 Å². The molecule has 2 aromatic carbocycles. The van der Waals surface area contributed by atoms with E-state index in [1.165, 1.54) is 23.1 Å². The standard InChI is InChI=1S/C29H26FN5O2S2/c1-19(36)35-11-9-21(10-12-35)25-18-38-29(33-25)34-28-26(37-23-5-3-2-4-6-23)14-24(17-32-28)39-27-8-7-20(16-31)13-22(27)15-30/h2-8,13-14,17-18,21H,9-12,15H2,1H3,(H,32,33,34). The maximum absolute atomic E-state index is 13.7. The molecule has 198 valence electrons. The highest BCUT2D eigenvalue weighted by atomic mass is 32.2. The first kappa shape index (κ1) is 26.7. The fourth-order valence-corrected chi connectivity index (χ4v) is 6.07. The Hall–Kier alpha value is -3.94. The van der Waals surface area contributed by atoms with E-state index in [4.69, 9.17) is 15.0 Å². The molecule has 10 heteroatoms. The summed E-state index contributed by atoms with van der Waals surface area (Å²) in [6.45, 7) is 2.44. The summed E-state index contributed by atoms with van der Waals surface area (Å²) in [5.74, 6) is 2.11. The van der Waals surface area contributed by atoms with Crippen LogP contribution in [0.25, 0.3) is 0 Å². The molecule has 0 aliphatic carbocycles. The quantitative estimate of drug-likeness (QED) is 0.242. The van der Waals surface area contributed by atoms with Crippen LogP contribution in [-0.2, 0) is 11.5 Å². The van der Waals surface area contributed by atoms with E-state index in [9.17, 15) is 9.18 Å². The number of thiazole rings is 1. The van der Waals surface area contributed by atoms with E-state index in [0.29, 0.717) is 44.4 Å². The Morgan fingerprint density at radius 1 is 1.23 bits per heavy atom. The molecule has 1 saturated heterocycles. The monoisotopic (exact) mass is 559 g/mol. The van der Waals surface area contributed by atoms with Gasteiger partial charge in [-0.05, 0) is 48.7 Å². The topological polar surface area (TPSA) is 91.1 Å². The predicted octanol–water partition coefficient (Wildman–Crippen LogP) is 7.29. The summed E-state index contributed by atoms with van der Waals surface area (Å²) in [5.41, 5.74) is 1.89. The van der Waals surface area contributed by atoms with Crippen molar-refractivity contribution in [2.75, 3.05) is 18.4 Å². The molecule has 0 radical (unpaired) electrons. The van der Waals surface area contributed by atoms with Gasteiger partial charge in [-0.25, -0.2) is 14.4 Å². The average Bonchev–Trinajstić information content (AvgIpc) is 3.44. The van der Waals surface area contributed by atoms with Crippen molar-refractivity contribution in [1.82, 2.24) is 14.9 Å². The summed E-state index contributed by atoms with van der Waals surface area (Å²) < 4.78 is 19.9. The Morgan fingerprint density at radius 3 is 2.74 bits per heavy atom. The Morgan fingerprint density at radius 2 is 2.03 bits per heavy atom. The fourth-order valence-electron chi connectivity index (χ4n) is 4.37. The first-order valence-electron chi connectivity index (χ1n) is 12.5.